The van der Waals surface area contributed by atoms with E-state index in [0.717, 1.165) is 0 Å². The summed E-state index contributed by atoms with van der Waals surface area (Å²) in [6, 6.07) is 5.28. The molecular formula is C10H10ClF3O2. The predicted octanol–water partition coefficient (Wildman–Crippen LogP) is 2.90. The Morgan fingerprint density at radius 2 is 1.81 bits per heavy atom. The van der Waals surface area contributed by atoms with E-state index in [4.69, 9.17) is 16.7 Å². The Morgan fingerprint density at radius 3 is 2.19 bits per heavy atom. The van der Waals surface area contributed by atoms with Gasteiger partial charge in [0.1, 0.15) is 5.75 Å². The fourth-order valence-corrected chi connectivity index (χ4v) is 1.46. The summed E-state index contributed by atoms with van der Waals surface area (Å²) in [5, 5.41) is 8.94. The Bertz CT molecular complexity index is 320. The van der Waals surface area contributed by atoms with Gasteiger partial charge in [-0.25, -0.2) is 0 Å². The number of rotatable bonds is 4. The summed E-state index contributed by atoms with van der Waals surface area (Å²) in [5.74, 6) is -0.361. The number of hydrogen-bond acceptors (Lipinski definition) is 2. The molecule has 90 valence electrons. The highest BCUT2D eigenvalue weighted by Crippen LogP contribution is 2.25. The van der Waals surface area contributed by atoms with Gasteiger partial charge in [-0.1, -0.05) is 12.1 Å². The van der Waals surface area contributed by atoms with Crippen LogP contribution in [0.25, 0.3) is 0 Å². The maximum atomic E-state index is 11.8. The molecular weight excluding hydrogens is 245 g/mol. The van der Waals surface area contributed by atoms with Crippen molar-refractivity contribution < 1.29 is 23.0 Å². The molecule has 0 unspecified atom stereocenters. The molecule has 0 saturated carbocycles. The van der Waals surface area contributed by atoms with Crippen LogP contribution in [0.3, 0.4) is 0 Å². The highest BCUT2D eigenvalue weighted by Gasteiger charge is 2.31. The Hall–Kier alpha value is -0.940. The maximum absolute atomic E-state index is 11.8. The normalized spacial score (nSPS) is 13.6. The largest absolute Gasteiger partial charge is 0.573 e. The maximum Gasteiger partial charge on any atom is 0.573 e. The molecule has 16 heavy (non-hydrogen) atoms. The van der Waals surface area contributed by atoms with Gasteiger partial charge < -0.3 is 9.84 Å². The third kappa shape index (κ3) is 3.90. The van der Waals surface area contributed by atoms with Gasteiger partial charge >= 0.3 is 6.36 Å². The van der Waals surface area contributed by atoms with Gasteiger partial charge in [0.15, 0.2) is 0 Å². The molecule has 0 aliphatic heterocycles. The van der Waals surface area contributed by atoms with Crippen LogP contribution in [0, 0.1) is 0 Å². The average Bonchev–Trinajstić information content (AvgIpc) is 2.20. The zero-order valence-corrected chi connectivity index (χ0v) is 8.92. The summed E-state index contributed by atoms with van der Waals surface area (Å²) < 4.78 is 39.3. The first-order valence-corrected chi connectivity index (χ1v) is 5.02. The molecule has 0 saturated heterocycles. The Balaban J connectivity index is 2.75. The molecule has 0 aromatic heterocycles. The van der Waals surface area contributed by atoms with Gasteiger partial charge in [0.2, 0.25) is 0 Å². The van der Waals surface area contributed by atoms with Crippen molar-refractivity contribution in [2.75, 3.05) is 12.5 Å². The van der Waals surface area contributed by atoms with Crippen LogP contribution >= 0.6 is 11.6 Å². The fourth-order valence-electron chi connectivity index (χ4n) is 1.18. The van der Waals surface area contributed by atoms with Gasteiger partial charge in [0.05, 0.1) is 6.61 Å². The lowest BCUT2D eigenvalue weighted by atomic mass is 10.0. The van der Waals surface area contributed by atoms with Crippen molar-refractivity contribution in [2.24, 2.45) is 0 Å². The van der Waals surface area contributed by atoms with Gasteiger partial charge in [-0.3, -0.25) is 0 Å². The molecule has 1 N–H and O–H groups in total. The van der Waals surface area contributed by atoms with E-state index >= 15 is 0 Å². The Kier molecular flexibility index (Phi) is 4.44. The molecule has 0 aliphatic rings. The Morgan fingerprint density at radius 1 is 1.25 bits per heavy atom. The molecule has 0 amide bonds. The van der Waals surface area contributed by atoms with Crippen LogP contribution in [0.4, 0.5) is 13.2 Å². The third-order valence-electron chi connectivity index (χ3n) is 1.99. The smallest absolute Gasteiger partial charge is 0.406 e. The van der Waals surface area contributed by atoms with Crippen molar-refractivity contribution in [2.45, 2.75) is 12.3 Å². The number of benzene rings is 1. The van der Waals surface area contributed by atoms with Crippen molar-refractivity contribution in [3.05, 3.63) is 29.8 Å². The highest BCUT2D eigenvalue weighted by molar-refractivity contribution is 6.18. The number of hydrogen-bond donors (Lipinski definition) is 1. The summed E-state index contributed by atoms with van der Waals surface area (Å²) >= 11 is 5.58. The van der Waals surface area contributed by atoms with Crippen LogP contribution in [-0.4, -0.2) is 24.0 Å². The summed E-state index contributed by atoms with van der Waals surface area (Å²) in [5.41, 5.74) is 0.673. The second kappa shape index (κ2) is 5.41. The second-order valence-corrected chi connectivity index (χ2v) is 3.46. The number of halogens is 4. The van der Waals surface area contributed by atoms with Crippen molar-refractivity contribution >= 4 is 11.6 Å². The molecule has 0 spiro atoms. The zero-order valence-electron chi connectivity index (χ0n) is 8.17. The molecule has 0 fully saturated rings. The lowest BCUT2D eigenvalue weighted by Gasteiger charge is -2.12. The molecule has 6 heteroatoms. The van der Waals surface area contributed by atoms with Crippen LogP contribution in [0.1, 0.15) is 11.5 Å². The van der Waals surface area contributed by atoms with E-state index in [1.165, 1.54) is 24.3 Å². The number of aliphatic hydroxyl groups is 1. The van der Waals surface area contributed by atoms with E-state index in [1.807, 2.05) is 0 Å². The van der Waals surface area contributed by atoms with E-state index in [0.29, 0.717) is 5.56 Å². The van der Waals surface area contributed by atoms with E-state index in [9.17, 15) is 13.2 Å². The number of ether oxygens (including phenoxy) is 1. The molecule has 0 bridgehead atoms. The molecule has 1 aromatic rings. The van der Waals surface area contributed by atoms with E-state index < -0.39 is 6.36 Å². The zero-order chi connectivity index (χ0) is 12.2. The fraction of sp³-hybridized carbons (Fsp3) is 0.400. The summed E-state index contributed by atoms with van der Waals surface area (Å²) in [4.78, 5) is 0. The summed E-state index contributed by atoms with van der Waals surface area (Å²) in [6.07, 6.45) is -4.69. The minimum absolute atomic E-state index is 0.150. The van der Waals surface area contributed by atoms with Gasteiger partial charge in [0, 0.05) is 11.8 Å². The molecule has 1 rings (SSSR count). The Labute approximate surface area is 95.6 Å². The summed E-state index contributed by atoms with van der Waals surface area (Å²) in [6.45, 7) is -0.150. The highest BCUT2D eigenvalue weighted by atomic mass is 35.5. The monoisotopic (exact) mass is 254 g/mol. The first-order valence-electron chi connectivity index (χ1n) is 4.49. The van der Waals surface area contributed by atoms with Gasteiger partial charge in [-0.2, -0.15) is 0 Å². The van der Waals surface area contributed by atoms with Crippen molar-refractivity contribution in [1.29, 1.82) is 0 Å². The second-order valence-electron chi connectivity index (χ2n) is 3.15. The molecule has 0 aliphatic carbocycles. The van der Waals surface area contributed by atoms with Crippen molar-refractivity contribution in [3.63, 3.8) is 0 Å². The van der Waals surface area contributed by atoms with Crippen LogP contribution < -0.4 is 4.74 Å². The molecule has 1 atom stereocenters. The lowest BCUT2D eigenvalue weighted by Crippen LogP contribution is -2.17. The van der Waals surface area contributed by atoms with E-state index in [1.54, 1.807) is 0 Å². The molecule has 1 aromatic carbocycles. The minimum atomic E-state index is -4.69. The first-order chi connectivity index (χ1) is 7.46. The van der Waals surface area contributed by atoms with E-state index in [-0.39, 0.29) is 24.2 Å². The van der Waals surface area contributed by atoms with E-state index in [2.05, 4.69) is 4.74 Å². The standard InChI is InChI=1S/C10H10ClF3O2/c11-5-8(6-15)7-1-3-9(4-2-7)16-10(12,13)14/h1-4,8,15H,5-6H2/t8-/m0/s1. The SMILES string of the molecule is OC[C@H](CCl)c1ccc(OC(F)(F)F)cc1. The summed E-state index contributed by atoms with van der Waals surface area (Å²) in [7, 11) is 0. The minimum Gasteiger partial charge on any atom is -0.406 e. The van der Waals surface area contributed by atoms with Crippen LogP contribution in [-0.2, 0) is 0 Å². The van der Waals surface area contributed by atoms with Crippen molar-refractivity contribution in [3.8, 4) is 5.75 Å². The van der Waals surface area contributed by atoms with Gasteiger partial charge in [-0.05, 0) is 17.7 Å². The average molecular weight is 255 g/mol. The first kappa shape index (κ1) is 13.1. The third-order valence-corrected chi connectivity index (χ3v) is 2.36. The lowest BCUT2D eigenvalue weighted by molar-refractivity contribution is -0.274. The van der Waals surface area contributed by atoms with Gasteiger partial charge in [0.25, 0.3) is 0 Å². The van der Waals surface area contributed by atoms with Crippen LogP contribution in [0.15, 0.2) is 24.3 Å². The van der Waals surface area contributed by atoms with Crippen LogP contribution in [0.2, 0.25) is 0 Å². The number of aliphatic hydroxyl groups excluding tert-OH is 1. The molecule has 0 radical (unpaired) electrons. The topological polar surface area (TPSA) is 29.5 Å². The molecule has 0 heterocycles. The van der Waals surface area contributed by atoms with Crippen LogP contribution in [0.5, 0.6) is 5.75 Å². The van der Waals surface area contributed by atoms with Crippen molar-refractivity contribution in [1.82, 2.24) is 0 Å². The predicted molar refractivity (Wildman–Crippen MR) is 53.7 cm³/mol. The quantitative estimate of drug-likeness (QED) is 0.837. The molecule has 2 nitrogen and oxygen atoms in total. The number of alkyl halides is 4. The van der Waals surface area contributed by atoms with Gasteiger partial charge in [-0.15, -0.1) is 24.8 Å².